The van der Waals surface area contributed by atoms with Crippen LogP contribution in [0.1, 0.15) is 22.7 Å². The molecule has 0 radical (unpaired) electrons. The number of carbonyl (C=O) groups excluding carboxylic acids is 1. The Morgan fingerprint density at radius 1 is 1.36 bits per heavy atom. The number of carbonyl (C=O) groups is 1. The summed E-state index contributed by atoms with van der Waals surface area (Å²) in [5.41, 5.74) is 8.94. The molecule has 2 atom stereocenters. The molecule has 3 heterocycles. The van der Waals surface area contributed by atoms with Gasteiger partial charge in [0.25, 0.3) is 0 Å². The maximum absolute atomic E-state index is 12.0. The number of aromatic nitrogens is 2. The second-order valence-electron chi connectivity index (χ2n) is 6.77. The fourth-order valence-electron chi connectivity index (χ4n) is 3.85. The van der Waals surface area contributed by atoms with E-state index < -0.39 is 0 Å². The molecule has 7 nitrogen and oxygen atoms in total. The second kappa shape index (κ2) is 6.07. The lowest BCUT2D eigenvalue weighted by Gasteiger charge is -2.17. The third-order valence-electron chi connectivity index (χ3n) is 5.31. The standard InChI is InChI=1S/C18H22N4O3/c1-11-13(6-20-21(11)2)14-8-22(9-15(14)18(19)23)7-12-4-3-5-16-17(12)25-10-24-16/h3-6,14-15H,7-10H2,1-2H3,(H2,19,23)/t14-,15+/m1/s1. The van der Waals surface area contributed by atoms with Crippen LogP contribution in [0.5, 0.6) is 11.5 Å². The fourth-order valence-corrected chi connectivity index (χ4v) is 3.85. The van der Waals surface area contributed by atoms with E-state index in [0.29, 0.717) is 13.1 Å². The number of para-hydroxylation sites is 1. The van der Waals surface area contributed by atoms with E-state index in [0.717, 1.165) is 34.9 Å². The zero-order chi connectivity index (χ0) is 17.6. The van der Waals surface area contributed by atoms with Crippen LogP contribution in [0.2, 0.25) is 0 Å². The number of aryl methyl sites for hydroxylation is 1. The van der Waals surface area contributed by atoms with Gasteiger partial charge < -0.3 is 15.2 Å². The zero-order valence-electron chi connectivity index (χ0n) is 14.4. The van der Waals surface area contributed by atoms with Gasteiger partial charge in [0.2, 0.25) is 12.7 Å². The van der Waals surface area contributed by atoms with Gasteiger partial charge in [0.15, 0.2) is 11.5 Å². The van der Waals surface area contributed by atoms with Crippen LogP contribution in [0.25, 0.3) is 0 Å². The molecule has 0 saturated carbocycles. The van der Waals surface area contributed by atoms with Crippen molar-refractivity contribution in [2.45, 2.75) is 19.4 Å². The first-order valence-corrected chi connectivity index (χ1v) is 8.42. The van der Waals surface area contributed by atoms with Crippen molar-refractivity contribution in [3.63, 3.8) is 0 Å². The summed E-state index contributed by atoms with van der Waals surface area (Å²) >= 11 is 0. The van der Waals surface area contributed by atoms with E-state index in [1.807, 2.05) is 43.0 Å². The fraction of sp³-hybridized carbons (Fsp3) is 0.444. The molecule has 2 aliphatic rings. The van der Waals surface area contributed by atoms with Crippen molar-refractivity contribution < 1.29 is 14.3 Å². The van der Waals surface area contributed by atoms with E-state index in [4.69, 9.17) is 15.2 Å². The molecular formula is C18H22N4O3. The average molecular weight is 342 g/mol. The Hall–Kier alpha value is -2.54. The van der Waals surface area contributed by atoms with E-state index >= 15 is 0 Å². The molecule has 1 saturated heterocycles. The van der Waals surface area contributed by atoms with Crippen molar-refractivity contribution in [2.24, 2.45) is 18.7 Å². The number of nitrogens with two attached hydrogens (primary N) is 1. The normalized spacial score (nSPS) is 22.5. The van der Waals surface area contributed by atoms with Crippen LogP contribution in [-0.2, 0) is 18.4 Å². The van der Waals surface area contributed by atoms with Gasteiger partial charge in [-0.3, -0.25) is 14.4 Å². The third kappa shape index (κ3) is 2.74. The van der Waals surface area contributed by atoms with Crippen LogP contribution in [0.15, 0.2) is 24.4 Å². The van der Waals surface area contributed by atoms with Gasteiger partial charge in [-0.05, 0) is 18.6 Å². The summed E-state index contributed by atoms with van der Waals surface area (Å²) in [5, 5.41) is 4.32. The number of rotatable bonds is 4. The highest BCUT2D eigenvalue weighted by atomic mass is 16.7. The Balaban J connectivity index is 1.58. The van der Waals surface area contributed by atoms with Gasteiger partial charge in [-0.2, -0.15) is 5.10 Å². The van der Waals surface area contributed by atoms with Gasteiger partial charge in [-0.15, -0.1) is 0 Å². The number of hydrogen-bond acceptors (Lipinski definition) is 5. The summed E-state index contributed by atoms with van der Waals surface area (Å²) in [6.07, 6.45) is 1.86. The van der Waals surface area contributed by atoms with Crippen molar-refractivity contribution in [2.75, 3.05) is 19.9 Å². The number of amides is 1. The Labute approximate surface area is 146 Å². The summed E-state index contributed by atoms with van der Waals surface area (Å²) < 4.78 is 12.9. The smallest absolute Gasteiger partial charge is 0.231 e. The molecular weight excluding hydrogens is 320 g/mol. The van der Waals surface area contributed by atoms with E-state index in [9.17, 15) is 4.79 Å². The average Bonchev–Trinajstić information content (AvgIpc) is 3.28. The number of likely N-dealkylation sites (tertiary alicyclic amines) is 1. The molecule has 7 heteroatoms. The monoisotopic (exact) mass is 342 g/mol. The molecule has 2 aromatic rings. The highest BCUT2D eigenvalue weighted by molar-refractivity contribution is 5.78. The van der Waals surface area contributed by atoms with Gasteiger partial charge >= 0.3 is 0 Å². The van der Waals surface area contributed by atoms with Crippen LogP contribution in [0, 0.1) is 12.8 Å². The van der Waals surface area contributed by atoms with E-state index in [2.05, 4.69) is 10.00 Å². The molecule has 1 amide bonds. The molecule has 0 spiro atoms. The molecule has 0 unspecified atom stereocenters. The number of nitrogens with zero attached hydrogens (tertiary/aromatic N) is 3. The lowest BCUT2D eigenvalue weighted by molar-refractivity contribution is -0.121. The van der Waals surface area contributed by atoms with Crippen molar-refractivity contribution >= 4 is 5.91 Å². The predicted molar refractivity (Wildman–Crippen MR) is 91.2 cm³/mol. The minimum atomic E-state index is -0.256. The van der Waals surface area contributed by atoms with Gasteiger partial charge in [0.05, 0.1) is 12.1 Å². The summed E-state index contributed by atoms with van der Waals surface area (Å²) in [4.78, 5) is 14.3. The molecule has 132 valence electrons. The molecule has 1 aromatic heterocycles. The Morgan fingerprint density at radius 3 is 2.92 bits per heavy atom. The number of ether oxygens (including phenoxy) is 2. The first kappa shape index (κ1) is 16.0. The first-order valence-electron chi connectivity index (χ1n) is 8.42. The molecule has 1 aromatic carbocycles. The zero-order valence-corrected chi connectivity index (χ0v) is 14.4. The van der Waals surface area contributed by atoms with Crippen LogP contribution in [0.4, 0.5) is 0 Å². The van der Waals surface area contributed by atoms with Crippen molar-refractivity contribution in [3.8, 4) is 11.5 Å². The van der Waals surface area contributed by atoms with Crippen LogP contribution >= 0.6 is 0 Å². The topological polar surface area (TPSA) is 82.6 Å². The van der Waals surface area contributed by atoms with E-state index in [1.165, 1.54) is 0 Å². The van der Waals surface area contributed by atoms with Gasteiger partial charge in [-0.1, -0.05) is 12.1 Å². The molecule has 4 rings (SSSR count). The minimum Gasteiger partial charge on any atom is -0.454 e. The Morgan fingerprint density at radius 2 is 2.20 bits per heavy atom. The van der Waals surface area contributed by atoms with Crippen LogP contribution < -0.4 is 15.2 Å². The largest absolute Gasteiger partial charge is 0.454 e. The molecule has 25 heavy (non-hydrogen) atoms. The highest BCUT2D eigenvalue weighted by Crippen LogP contribution is 2.39. The molecule has 2 aliphatic heterocycles. The maximum Gasteiger partial charge on any atom is 0.231 e. The van der Waals surface area contributed by atoms with E-state index in [1.54, 1.807) is 0 Å². The van der Waals surface area contributed by atoms with Crippen molar-refractivity contribution in [1.29, 1.82) is 0 Å². The summed E-state index contributed by atoms with van der Waals surface area (Å²) in [7, 11) is 1.91. The maximum atomic E-state index is 12.0. The molecule has 2 N–H and O–H groups in total. The van der Waals surface area contributed by atoms with Crippen molar-refractivity contribution in [3.05, 3.63) is 41.2 Å². The molecule has 0 aliphatic carbocycles. The lowest BCUT2D eigenvalue weighted by atomic mass is 9.89. The third-order valence-corrected chi connectivity index (χ3v) is 5.31. The highest BCUT2D eigenvalue weighted by Gasteiger charge is 2.39. The van der Waals surface area contributed by atoms with Crippen LogP contribution in [-0.4, -0.2) is 40.5 Å². The second-order valence-corrected chi connectivity index (χ2v) is 6.77. The molecule has 0 bridgehead atoms. The van der Waals surface area contributed by atoms with Gasteiger partial charge in [0.1, 0.15) is 0 Å². The van der Waals surface area contributed by atoms with E-state index in [-0.39, 0.29) is 24.5 Å². The number of primary amides is 1. The lowest BCUT2D eigenvalue weighted by Crippen LogP contribution is -2.29. The molecule has 1 fully saturated rings. The summed E-state index contributed by atoms with van der Waals surface area (Å²) in [6, 6.07) is 5.91. The van der Waals surface area contributed by atoms with Crippen molar-refractivity contribution in [1.82, 2.24) is 14.7 Å². The number of benzene rings is 1. The first-order chi connectivity index (χ1) is 12.0. The Bertz CT molecular complexity index is 817. The minimum absolute atomic E-state index is 0.0696. The summed E-state index contributed by atoms with van der Waals surface area (Å²) in [5.74, 6) is 1.19. The van der Waals surface area contributed by atoms with Crippen LogP contribution in [0.3, 0.4) is 0 Å². The predicted octanol–water partition coefficient (Wildman–Crippen LogP) is 1.16. The number of hydrogen-bond donors (Lipinski definition) is 1. The quantitative estimate of drug-likeness (QED) is 0.901. The van der Waals surface area contributed by atoms with Gasteiger partial charge in [0, 0.05) is 43.9 Å². The summed E-state index contributed by atoms with van der Waals surface area (Å²) in [6.45, 7) is 4.39. The van der Waals surface area contributed by atoms with Gasteiger partial charge in [-0.25, -0.2) is 0 Å². The Kier molecular flexibility index (Phi) is 3.88. The number of fused-ring (bicyclic) bond motifs is 1. The SMILES string of the molecule is Cc1c([C@H]2CN(Cc3cccc4c3OCO4)C[C@@H]2C(N)=O)cnn1C.